The topological polar surface area (TPSA) is 69.0 Å². The molecule has 5 nitrogen and oxygen atoms in total. The van der Waals surface area contributed by atoms with E-state index in [4.69, 9.17) is 0 Å². The van der Waals surface area contributed by atoms with Crippen molar-refractivity contribution in [2.75, 3.05) is 6.26 Å². The Morgan fingerprint density at radius 1 is 1.21 bits per heavy atom. The zero-order valence-electron chi connectivity index (χ0n) is 10.9. The molecule has 2 rings (SSSR count). The first-order valence-corrected chi connectivity index (χ1v) is 7.53. The molecule has 0 bridgehead atoms. The number of hydrogen-bond acceptors (Lipinski definition) is 4. The van der Waals surface area contributed by atoms with Crippen LogP contribution in [-0.4, -0.2) is 30.2 Å². The van der Waals surface area contributed by atoms with Gasteiger partial charge in [0, 0.05) is 25.8 Å². The molecule has 0 radical (unpaired) electrons. The van der Waals surface area contributed by atoms with Gasteiger partial charge in [-0.15, -0.1) is 0 Å². The van der Waals surface area contributed by atoms with Crippen LogP contribution in [0.15, 0.2) is 35.4 Å². The molecule has 0 amide bonds. The average Bonchev–Trinajstić information content (AvgIpc) is 2.70. The Morgan fingerprint density at radius 3 is 2.26 bits per heavy atom. The average molecular weight is 278 g/mol. The summed E-state index contributed by atoms with van der Waals surface area (Å²) in [5.74, 6) is -0.0813. The fraction of sp³-hybridized carbons (Fsp3) is 0.231. The second kappa shape index (κ2) is 4.62. The molecule has 1 aromatic heterocycles. The Balaban J connectivity index is 2.52. The first-order valence-electron chi connectivity index (χ1n) is 5.64. The van der Waals surface area contributed by atoms with Crippen LogP contribution in [0.25, 0.3) is 11.1 Å². The Kier molecular flexibility index (Phi) is 3.28. The van der Waals surface area contributed by atoms with E-state index in [0.29, 0.717) is 11.3 Å². The number of nitrogens with zero attached hydrogens (tertiary/aromatic N) is 2. The summed E-state index contributed by atoms with van der Waals surface area (Å²) in [5, 5.41) is 4.06. The van der Waals surface area contributed by atoms with E-state index < -0.39 is 9.84 Å². The minimum Gasteiger partial charge on any atom is -0.293 e. The van der Waals surface area contributed by atoms with Crippen molar-refractivity contribution >= 4 is 15.6 Å². The molecule has 19 heavy (non-hydrogen) atoms. The molecule has 0 aliphatic rings. The number of aryl methyl sites for hydroxylation is 1. The Labute approximate surface area is 111 Å². The number of ketones is 1. The molecular weight excluding hydrogens is 264 g/mol. The van der Waals surface area contributed by atoms with Crippen molar-refractivity contribution in [2.45, 2.75) is 11.8 Å². The summed E-state index contributed by atoms with van der Waals surface area (Å²) in [7, 11) is -1.51. The summed E-state index contributed by atoms with van der Waals surface area (Å²) in [6.45, 7) is 1.48. The molecule has 1 heterocycles. The van der Waals surface area contributed by atoms with Crippen molar-refractivity contribution in [3.05, 3.63) is 36.2 Å². The van der Waals surface area contributed by atoms with Crippen molar-refractivity contribution in [3.63, 3.8) is 0 Å². The van der Waals surface area contributed by atoms with Crippen LogP contribution in [0.2, 0.25) is 0 Å². The standard InChI is InChI=1S/C13H14N2O3S/c1-9(16)13-12(8-14-15(13)2)10-4-6-11(7-5-10)19(3,17)18/h4-8H,1-3H3. The lowest BCUT2D eigenvalue weighted by atomic mass is 10.1. The normalized spacial score (nSPS) is 11.5. The molecule has 0 spiro atoms. The number of carbonyl (C=O) groups is 1. The van der Waals surface area contributed by atoms with Gasteiger partial charge >= 0.3 is 0 Å². The zero-order chi connectivity index (χ0) is 14.2. The maximum atomic E-state index is 11.6. The molecule has 0 atom stereocenters. The third kappa shape index (κ3) is 2.58. The summed E-state index contributed by atoms with van der Waals surface area (Å²) >= 11 is 0. The largest absolute Gasteiger partial charge is 0.293 e. The van der Waals surface area contributed by atoms with Crippen LogP contribution in [0, 0.1) is 0 Å². The zero-order valence-corrected chi connectivity index (χ0v) is 11.7. The van der Waals surface area contributed by atoms with Gasteiger partial charge in [0.25, 0.3) is 0 Å². The van der Waals surface area contributed by atoms with E-state index in [1.807, 2.05) is 0 Å². The van der Waals surface area contributed by atoms with Gasteiger partial charge in [-0.25, -0.2) is 8.42 Å². The summed E-state index contributed by atoms with van der Waals surface area (Å²) in [4.78, 5) is 11.8. The highest BCUT2D eigenvalue weighted by molar-refractivity contribution is 7.90. The van der Waals surface area contributed by atoms with E-state index in [0.717, 1.165) is 11.8 Å². The Morgan fingerprint density at radius 2 is 1.79 bits per heavy atom. The lowest BCUT2D eigenvalue weighted by Crippen LogP contribution is -2.04. The highest BCUT2D eigenvalue weighted by atomic mass is 32.2. The molecule has 0 aliphatic heterocycles. The van der Waals surface area contributed by atoms with Crippen molar-refractivity contribution in [2.24, 2.45) is 7.05 Å². The van der Waals surface area contributed by atoms with Gasteiger partial charge in [-0.1, -0.05) is 12.1 Å². The van der Waals surface area contributed by atoms with Gasteiger partial charge in [0.15, 0.2) is 15.6 Å². The molecule has 6 heteroatoms. The maximum absolute atomic E-state index is 11.6. The number of rotatable bonds is 3. The van der Waals surface area contributed by atoms with Gasteiger partial charge < -0.3 is 0 Å². The SMILES string of the molecule is CC(=O)c1c(-c2ccc(S(C)(=O)=O)cc2)cnn1C. The molecule has 0 saturated heterocycles. The summed E-state index contributed by atoms with van der Waals surface area (Å²) in [6, 6.07) is 6.42. The van der Waals surface area contributed by atoms with Crippen LogP contribution < -0.4 is 0 Å². The summed E-state index contributed by atoms with van der Waals surface area (Å²) in [6.07, 6.45) is 2.76. The fourth-order valence-corrected chi connectivity index (χ4v) is 2.58. The van der Waals surface area contributed by atoms with E-state index in [1.54, 1.807) is 25.4 Å². The quantitative estimate of drug-likeness (QED) is 0.801. The lowest BCUT2D eigenvalue weighted by molar-refractivity contribution is 0.100. The van der Waals surface area contributed by atoms with E-state index in [1.165, 1.54) is 23.7 Å². The predicted molar refractivity (Wildman–Crippen MR) is 71.8 cm³/mol. The van der Waals surface area contributed by atoms with Crippen LogP contribution >= 0.6 is 0 Å². The fourth-order valence-electron chi connectivity index (χ4n) is 1.95. The third-order valence-electron chi connectivity index (χ3n) is 2.87. The smallest absolute Gasteiger partial charge is 0.178 e. The van der Waals surface area contributed by atoms with Gasteiger partial charge in [0.1, 0.15) is 5.69 Å². The lowest BCUT2D eigenvalue weighted by Gasteiger charge is -2.04. The van der Waals surface area contributed by atoms with Gasteiger partial charge in [-0.05, 0) is 17.7 Å². The van der Waals surface area contributed by atoms with Crippen molar-refractivity contribution < 1.29 is 13.2 Å². The second-order valence-electron chi connectivity index (χ2n) is 4.38. The molecule has 100 valence electrons. The number of aromatic nitrogens is 2. The number of hydrogen-bond donors (Lipinski definition) is 0. The second-order valence-corrected chi connectivity index (χ2v) is 6.40. The minimum absolute atomic E-state index is 0.0813. The highest BCUT2D eigenvalue weighted by Crippen LogP contribution is 2.24. The number of sulfone groups is 1. The maximum Gasteiger partial charge on any atom is 0.178 e. The molecule has 0 saturated carbocycles. The first-order chi connectivity index (χ1) is 8.80. The molecule has 0 fully saturated rings. The van der Waals surface area contributed by atoms with Crippen LogP contribution in [0.3, 0.4) is 0 Å². The summed E-state index contributed by atoms with van der Waals surface area (Å²) < 4.78 is 24.3. The van der Waals surface area contributed by atoms with Crippen LogP contribution in [0.1, 0.15) is 17.4 Å². The van der Waals surface area contributed by atoms with Crippen molar-refractivity contribution in [1.82, 2.24) is 9.78 Å². The van der Waals surface area contributed by atoms with Crippen LogP contribution in [-0.2, 0) is 16.9 Å². The predicted octanol–water partition coefficient (Wildman–Crippen LogP) is 1.69. The van der Waals surface area contributed by atoms with E-state index in [2.05, 4.69) is 5.10 Å². The Hall–Kier alpha value is -1.95. The van der Waals surface area contributed by atoms with Gasteiger partial charge in [-0.3, -0.25) is 9.48 Å². The van der Waals surface area contributed by atoms with E-state index in [-0.39, 0.29) is 10.7 Å². The van der Waals surface area contributed by atoms with Crippen molar-refractivity contribution in [1.29, 1.82) is 0 Å². The van der Waals surface area contributed by atoms with Gasteiger partial charge in [0.05, 0.1) is 11.1 Å². The first kappa shape index (κ1) is 13.5. The highest BCUT2D eigenvalue weighted by Gasteiger charge is 2.15. The molecule has 0 unspecified atom stereocenters. The minimum atomic E-state index is -3.21. The van der Waals surface area contributed by atoms with Crippen LogP contribution in [0.5, 0.6) is 0 Å². The molecular formula is C13H14N2O3S. The van der Waals surface area contributed by atoms with E-state index >= 15 is 0 Å². The van der Waals surface area contributed by atoms with Crippen LogP contribution in [0.4, 0.5) is 0 Å². The van der Waals surface area contributed by atoms with E-state index in [9.17, 15) is 13.2 Å². The van der Waals surface area contributed by atoms with Gasteiger partial charge in [0.2, 0.25) is 0 Å². The molecule has 2 aromatic rings. The number of carbonyl (C=O) groups excluding carboxylic acids is 1. The van der Waals surface area contributed by atoms with Gasteiger partial charge in [-0.2, -0.15) is 5.10 Å². The monoisotopic (exact) mass is 278 g/mol. The molecule has 0 aliphatic carbocycles. The molecule has 1 aromatic carbocycles. The summed E-state index contributed by atoms with van der Waals surface area (Å²) in [5.41, 5.74) is 1.98. The third-order valence-corrected chi connectivity index (χ3v) is 3.99. The van der Waals surface area contributed by atoms with Crippen molar-refractivity contribution in [3.8, 4) is 11.1 Å². The number of Topliss-reactive ketones (excluding diaryl/α,β-unsaturated/α-hetero) is 1. The Bertz CT molecular complexity index is 728. The molecule has 0 N–H and O–H groups in total. The number of benzene rings is 1.